The van der Waals surface area contributed by atoms with Crippen molar-refractivity contribution in [3.63, 3.8) is 0 Å². The van der Waals surface area contributed by atoms with E-state index in [-0.39, 0.29) is 11.7 Å². The van der Waals surface area contributed by atoms with E-state index in [1.165, 1.54) is 6.07 Å². The predicted molar refractivity (Wildman–Crippen MR) is 108 cm³/mol. The van der Waals surface area contributed by atoms with Crippen molar-refractivity contribution in [3.05, 3.63) is 60.4 Å². The summed E-state index contributed by atoms with van der Waals surface area (Å²) in [5.74, 6) is -0.551. The van der Waals surface area contributed by atoms with Crippen LogP contribution in [0.5, 0.6) is 0 Å². The molecule has 3 rings (SSSR count). The summed E-state index contributed by atoms with van der Waals surface area (Å²) in [6, 6.07) is 14.3. The normalized spacial score (nSPS) is 16.0. The number of piperazine rings is 1. The average Bonchev–Trinajstić information content (AvgIpc) is 2.68. The minimum Gasteiger partial charge on any atom is -0.366 e. The second-order valence-electron chi connectivity index (χ2n) is 6.83. The fourth-order valence-electron chi connectivity index (χ4n) is 3.52. The van der Waals surface area contributed by atoms with Crippen molar-refractivity contribution >= 4 is 27.3 Å². The zero-order valence-corrected chi connectivity index (χ0v) is 16.8. The second-order valence-corrected chi connectivity index (χ2v) is 8.69. The maximum absolute atomic E-state index is 14.0. The molecule has 28 heavy (non-hydrogen) atoms. The van der Waals surface area contributed by atoms with E-state index in [1.54, 1.807) is 60.4 Å². The van der Waals surface area contributed by atoms with Gasteiger partial charge in [0.1, 0.15) is 11.9 Å². The first kappa shape index (κ1) is 20.1. The Kier molecular flexibility index (Phi) is 5.88. The molecule has 0 radical (unpaired) electrons. The molecule has 0 saturated carbocycles. The van der Waals surface area contributed by atoms with Gasteiger partial charge in [-0.15, -0.1) is 0 Å². The van der Waals surface area contributed by atoms with Crippen molar-refractivity contribution in [2.24, 2.45) is 0 Å². The van der Waals surface area contributed by atoms with Crippen LogP contribution in [0.15, 0.2) is 54.6 Å². The molecule has 6 nitrogen and oxygen atoms in total. The number of benzene rings is 2. The largest absolute Gasteiger partial charge is 0.366 e. The van der Waals surface area contributed by atoms with Crippen LogP contribution >= 0.6 is 0 Å². The molecule has 1 saturated heterocycles. The van der Waals surface area contributed by atoms with Gasteiger partial charge in [0, 0.05) is 26.2 Å². The second kappa shape index (κ2) is 8.18. The highest BCUT2D eigenvalue weighted by molar-refractivity contribution is 7.92. The molecule has 150 valence electrons. The minimum absolute atomic E-state index is 0.262. The number of rotatable bonds is 5. The Morgan fingerprint density at radius 1 is 1.00 bits per heavy atom. The molecule has 8 heteroatoms. The molecule has 1 fully saturated rings. The molecule has 2 aromatic carbocycles. The van der Waals surface area contributed by atoms with Crippen molar-refractivity contribution in [2.75, 3.05) is 41.6 Å². The maximum atomic E-state index is 14.0. The number of carbonyl (C=O) groups excluding carboxylic acids is 1. The number of para-hydroxylation sites is 2. The molecule has 1 aliphatic heterocycles. The van der Waals surface area contributed by atoms with Crippen LogP contribution in [0.1, 0.15) is 6.92 Å². The van der Waals surface area contributed by atoms with E-state index in [4.69, 9.17) is 0 Å². The van der Waals surface area contributed by atoms with E-state index >= 15 is 0 Å². The average molecular weight is 405 g/mol. The molecule has 1 atom stereocenters. The number of sulfonamides is 1. The summed E-state index contributed by atoms with van der Waals surface area (Å²) in [4.78, 5) is 16.5. The van der Waals surface area contributed by atoms with Gasteiger partial charge in [-0.05, 0) is 31.2 Å². The Hall–Kier alpha value is -2.61. The lowest BCUT2D eigenvalue weighted by atomic mass is 10.2. The van der Waals surface area contributed by atoms with Crippen LogP contribution in [0.4, 0.5) is 15.8 Å². The lowest BCUT2D eigenvalue weighted by Crippen LogP contribution is -2.55. The number of carbonyl (C=O) groups is 1. The highest BCUT2D eigenvalue weighted by atomic mass is 32.2. The van der Waals surface area contributed by atoms with E-state index in [0.29, 0.717) is 37.6 Å². The first-order valence-corrected chi connectivity index (χ1v) is 11.0. The van der Waals surface area contributed by atoms with E-state index in [2.05, 4.69) is 0 Å². The fraction of sp³-hybridized carbons (Fsp3) is 0.350. The number of halogens is 1. The summed E-state index contributed by atoms with van der Waals surface area (Å²) in [6.07, 6.45) is 1.10. The topological polar surface area (TPSA) is 60.9 Å². The lowest BCUT2D eigenvalue weighted by Gasteiger charge is -2.39. The minimum atomic E-state index is -3.63. The van der Waals surface area contributed by atoms with E-state index in [9.17, 15) is 17.6 Å². The van der Waals surface area contributed by atoms with Gasteiger partial charge in [-0.25, -0.2) is 12.8 Å². The standard InChI is InChI=1S/C20H24FN3O3S/c1-16(24(28(2,26)27)17-8-4-3-5-9-17)20(25)23-14-12-22(13-15-23)19-11-7-6-10-18(19)21/h3-11,16H,12-15H2,1-2H3. The van der Waals surface area contributed by atoms with Crippen LogP contribution in [-0.4, -0.2) is 57.7 Å². The lowest BCUT2D eigenvalue weighted by molar-refractivity contribution is -0.132. The summed E-state index contributed by atoms with van der Waals surface area (Å²) in [5.41, 5.74) is 0.973. The maximum Gasteiger partial charge on any atom is 0.246 e. The van der Waals surface area contributed by atoms with Gasteiger partial charge >= 0.3 is 0 Å². The molecular formula is C20H24FN3O3S. The smallest absolute Gasteiger partial charge is 0.246 e. The molecule has 0 aliphatic carbocycles. The number of hydrogen-bond acceptors (Lipinski definition) is 4. The summed E-state index contributed by atoms with van der Waals surface area (Å²) < 4.78 is 39.8. The summed E-state index contributed by atoms with van der Waals surface area (Å²) in [5, 5.41) is 0. The van der Waals surface area contributed by atoms with Gasteiger partial charge in [0.2, 0.25) is 15.9 Å². The molecule has 1 amide bonds. The van der Waals surface area contributed by atoms with E-state index in [0.717, 1.165) is 10.6 Å². The SMILES string of the molecule is CC(C(=O)N1CCN(c2ccccc2F)CC1)N(c1ccccc1)S(C)(=O)=O. The fourth-order valence-corrected chi connectivity index (χ4v) is 4.69. The quantitative estimate of drug-likeness (QED) is 0.766. The van der Waals surface area contributed by atoms with E-state index < -0.39 is 16.1 Å². The Labute approximate surface area is 165 Å². The predicted octanol–water partition coefficient (Wildman–Crippen LogP) is 2.33. The van der Waals surface area contributed by atoms with Gasteiger partial charge in [0.25, 0.3) is 0 Å². The Morgan fingerprint density at radius 3 is 2.14 bits per heavy atom. The third-order valence-electron chi connectivity index (χ3n) is 4.86. The third-order valence-corrected chi connectivity index (χ3v) is 6.10. The number of hydrogen-bond donors (Lipinski definition) is 0. The van der Waals surface area contributed by atoms with Crippen molar-refractivity contribution in [2.45, 2.75) is 13.0 Å². The van der Waals surface area contributed by atoms with Gasteiger partial charge in [-0.3, -0.25) is 9.10 Å². The summed E-state index contributed by atoms with van der Waals surface area (Å²) in [7, 11) is -3.63. The number of nitrogens with zero attached hydrogens (tertiary/aromatic N) is 3. The van der Waals surface area contributed by atoms with Gasteiger partial charge < -0.3 is 9.80 Å². The molecule has 0 aromatic heterocycles. The highest BCUT2D eigenvalue weighted by Gasteiger charge is 2.33. The van der Waals surface area contributed by atoms with E-state index in [1.807, 2.05) is 4.90 Å². The van der Waals surface area contributed by atoms with Gasteiger partial charge in [-0.2, -0.15) is 0 Å². The molecule has 1 unspecified atom stereocenters. The molecule has 2 aromatic rings. The molecule has 1 heterocycles. The molecule has 0 spiro atoms. The van der Waals surface area contributed by atoms with Crippen molar-refractivity contribution < 1.29 is 17.6 Å². The summed E-state index contributed by atoms with van der Waals surface area (Å²) >= 11 is 0. The van der Waals surface area contributed by atoms with Crippen LogP contribution in [0.3, 0.4) is 0 Å². The van der Waals surface area contributed by atoms with Crippen LogP contribution < -0.4 is 9.21 Å². The first-order valence-electron chi connectivity index (χ1n) is 9.12. The van der Waals surface area contributed by atoms with Crippen molar-refractivity contribution in [1.82, 2.24) is 4.90 Å². The monoisotopic (exact) mass is 405 g/mol. The molecule has 0 bridgehead atoms. The first-order chi connectivity index (χ1) is 13.3. The zero-order chi connectivity index (χ0) is 20.3. The van der Waals surface area contributed by atoms with Crippen LogP contribution in [-0.2, 0) is 14.8 Å². The number of anilines is 2. The van der Waals surface area contributed by atoms with Gasteiger partial charge in [0.05, 0.1) is 17.6 Å². The van der Waals surface area contributed by atoms with Gasteiger partial charge in [-0.1, -0.05) is 30.3 Å². The Bertz CT molecular complexity index is 929. The molecule has 1 aliphatic rings. The molecular weight excluding hydrogens is 381 g/mol. The van der Waals surface area contributed by atoms with Crippen LogP contribution in [0.25, 0.3) is 0 Å². The van der Waals surface area contributed by atoms with Crippen LogP contribution in [0, 0.1) is 5.82 Å². The Morgan fingerprint density at radius 2 is 1.57 bits per heavy atom. The summed E-state index contributed by atoms with van der Waals surface area (Å²) in [6.45, 7) is 3.39. The Balaban J connectivity index is 1.72. The van der Waals surface area contributed by atoms with Crippen molar-refractivity contribution in [3.8, 4) is 0 Å². The van der Waals surface area contributed by atoms with Crippen molar-refractivity contribution in [1.29, 1.82) is 0 Å². The third kappa shape index (κ3) is 4.27. The molecule has 0 N–H and O–H groups in total. The highest BCUT2D eigenvalue weighted by Crippen LogP contribution is 2.23. The van der Waals surface area contributed by atoms with Crippen LogP contribution in [0.2, 0.25) is 0 Å². The zero-order valence-electron chi connectivity index (χ0n) is 16.0. The van der Waals surface area contributed by atoms with Gasteiger partial charge in [0.15, 0.2) is 0 Å². The number of amides is 1.